The molecular formula is C13H17N3O3S. The van der Waals surface area contributed by atoms with Gasteiger partial charge in [0, 0.05) is 31.4 Å². The van der Waals surface area contributed by atoms with Crippen molar-refractivity contribution in [2.24, 2.45) is 5.73 Å². The van der Waals surface area contributed by atoms with E-state index in [0.717, 1.165) is 16.9 Å². The van der Waals surface area contributed by atoms with Crippen molar-refractivity contribution in [3.63, 3.8) is 0 Å². The number of benzene rings is 1. The van der Waals surface area contributed by atoms with Crippen molar-refractivity contribution in [3.8, 4) is 0 Å². The number of nitrogens with zero attached hydrogens (tertiary/aromatic N) is 2. The smallest absolute Gasteiger partial charge is 0.248 e. The van der Waals surface area contributed by atoms with Crippen LogP contribution in [0.15, 0.2) is 18.2 Å². The fourth-order valence-corrected chi connectivity index (χ4v) is 3.91. The van der Waals surface area contributed by atoms with Crippen LogP contribution >= 0.6 is 0 Å². The van der Waals surface area contributed by atoms with E-state index >= 15 is 0 Å². The molecule has 2 aliphatic heterocycles. The normalized spacial score (nSPS) is 24.9. The third kappa shape index (κ3) is 2.06. The zero-order chi connectivity index (χ0) is 14.5. The Morgan fingerprint density at radius 2 is 1.90 bits per heavy atom. The molecule has 2 aliphatic rings. The fourth-order valence-electron chi connectivity index (χ4n) is 2.71. The Balaban J connectivity index is 1.89. The molecule has 0 bridgehead atoms. The molecule has 1 aromatic rings. The fraction of sp³-hybridized carbons (Fsp3) is 0.462. The van der Waals surface area contributed by atoms with Crippen LogP contribution in [-0.4, -0.2) is 46.0 Å². The second-order valence-electron chi connectivity index (χ2n) is 5.26. The number of carbonyl (C=O) groups excluding carboxylic acids is 1. The van der Waals surface area contributed by atoms with Gasteiger partial charge in [0.05, 0.1) is 17.2 Å². The summed E-state index contributed by atoms with van der Waals surface area (Å²) in [6.45, 7) is 0.982. The number of anilines is 2. The number of fused-ring (bicyclic) bond motifs is 1. The van der Waals surface area contributed by atoms with Crippen LogP contribution in [0.25, 0.3) is 0 Å². The summed E-state index contributed by atoms with van der Waals surface area (Å²) in [5.41, 5.74) is 8.44. The van der Waals surface area contributed by atoms with Gasteiger partial charge in [0.15, 0.2) is 9.84 Å². The molecule has 0 saturated carbocycles. The highest BCUT2D eigenvalue weighted by atomic mass is 32.2. The van der Waals surface area contributed by atoms with E-state index in [1.54, 1.807) is 11.9 Å². The van der Waals surface area contributed by atoms with Crippen molar-refractivity contribution in [3.05, 3.63) is 23.8 Å². The maximum atomic E-state index is 11.8. The third-order valence-corrected chi connectivity index (χ3v) is 5.63. The van der Waals surface area contributed by atoms with E-state index in [-0.39, 0.29) is 17.4 Å². The summed E-state index contributed by atoms with van der Waals surface area (Å²) in [5.74, 6) is 0.245. The van der Waals surface area contributed by atoms with E-state index in [1.807, 2.05) is 23.1 Å². The molecule has 6 nitrogen and oxygen atoms in total. The van der Waals surface area contributed by atoms with Gasteiger partial charge in [-0.3, -0.25) is 4.79 Å². The number of sulfone groups is 1. The third-order valence-electron chi connectivity index (χ3n) is 4.02. The highest BCUT2D eigenvalue weighted by Crippen LogP contribution is 2.36. The average molecular weight is 295 g/mol. The van der Waals surface area contributed by atoms with Crippen LogP contribution in [-0.2, 0) is 14.6 Å². The zero-order valence-electron chi connectivity index (χ0n) is 11.2. The van der Waals surface area contributed by atoms with Crippen molar-refractivity contribution in [2.75, 3.05) is 41.4 Å². The van der Waals surface area contributed by atoms with Gasteiger partial charge in [-0.25, -0.2) is 8.42 Å². The molecule has 0 spiro atoms. The summed E-state index contributed by atoms with van der Waals surface area (Å²) in [6, 6.07) is 5.09. The number of likely N-dealkylation sites (N-methyl/N-ethyl adjacent to an activating group) is 1. The Morgan fingerprint density at radius 1 is 1.25 bits per heavy atom. The number of nitrogens with two attached hydrogens (primary N) is 1. The lowest BCUT2D eigenvalue weighted by atomic mass is 10.1. The Morgan fingerprint density at radius 3 is 2.55 bits per heavy atom. The maximum absolute atomic E-state index is 11.8. The van der Waals surface area contributed by atoms with E-state index in [0.29, 0.717) is 13.1 Å². The summed E-state index contributed by atoms with van der Waals surface area (Å²) < 4.78 is 22.9. The number of amides is 1. The first-order valence-electron chi connectivity index (χ1n) is 6.51. The number of carbonyl (C=O) groups is 1. The van der Waals surface area contributed by atoms with Crippen LogP contribution in [0.1, 0.15) is 11.6 Å². The molecule has 3 rings (SSSR count). The molecule has 1 aromatic carbocycles. The Hall–Kier alpha value is -1.60. The summed E-state index contributed by atoms with van der Waals surface area (Å²) >= 11 is 0. The molecule has 2 N–H and O–H groups in total. The Kier molecular flexibility index (Phi) is 2.98. The van der Waals surface area contributed by atoms with Gasteiger partial charge in [0.2, 0.25) is 5.91 Å². The summed E-state index contributed by atoms with van der Waals surface area (Å²) in [7, 11) is -1.18. The Bertz CT molecular complexity index is 657. The SMILES string of the molecule is CN1C(=O)C(N)c2ccc(N3CCS(=O)(=O)CC3)cc21. The zero-order valence-corrected chi connectivity index (χ0v) is 12.1. The first kappa shape index (κ1) is 13.4. The molecule has 1 saturated heterocycles. The van der Waals surface area contributed by atoms with Gasteiger partial charge >= 0.3 is 0 Å². The van der Waals surface area contributed by atoms with Crippen LogP contribution in [0.3, 0.4) is 0 Å². The Labute approximate surface area is 118 Å². The van der Waals surface area contributed by atoms with Gasteiger partial charge in [-0.15, -0.1) is 0 Å². The minimum atomic E-state index is -2.89. The van der Waals surface area contributed by atoms with E-state index < -0.39 is 15.9 Å². The van der Waals surface area contributed by atoms with Crippen LogP contribution in [0.2, 0.25) is 0 Å². The topological polar surface area (TPSA) is 83.7 Å². The predicted octanol–water partition coefficient (Wildman–Crippen LogP) is -0.102. The van der Waals surface area contributed by atoms with Crippen molar-refractivity contribution in [1.82, 2.24) is 0 Å². The van der Waals surface area contributed by atoms with Crippen LogP contribution in [0, 0.1) is 0 Å². The van der Waals surface area contributed by atoms with Crippen LogP contribution in [0.4, 0.5) is 11.4 Å². The van der Waals surface area contributed by atoms with Crippen molar-refractivity contribution in [2.45, 2.75) is 6.04 Å². The monoisotopic (exact) mass is 295 g/mol. The number of rotatable bonds is 1. The van der Waals surface area contributed by atoms with Crippen LogP contribution < -0.4 is 15.5 Å². The quantitative estimate of drug-likeness (QED) is 0.782. The van der Waals surface area contributed by atoms with Crippen molar-refractivity contribution in [1.29, 1.82) is 0 Å². The highest BCUT2D eigenvalue weighted by molar-refractivity contribution is 7.91. The summed E-state index contributed by atoms with van der Waals surface area (Å²) in [5, 5.41) is 0. The van der Waals surface area contributed by atoms with Gasteiger partial charge < -0.3 is 15.5 Å². The molecule has 2 heterocycles. The second kappa shape index (κ2) is 4.46. The molecule has 0 aromatic heterocycles. The van der Waals surface area contributed by atoms with Crippen LogP contribution in [0.5, 0.6) is 0 Å². The highest BCUT2D eigenvalue weighted by Gasteiger charge is 2.33. The minimum absolute atomic E-state index is 0.113. The van der Waals surface area contributed by atoms with E-state index in [9.17, 15) is 13.2 Å². The molecule has 1 fully saturated rings. The molecule has 20 heavy (non-hydrogen) atoms. The molecule has 0 radical (unpaired) electrons. The average Bonchev–Trinajstić information content (AvgIpc) is 2.64. The maximum Gasteiger partial charge on any atom is 0.248 e. The summed E-state index contributed by atoms with van der Waals surface area (Å²) in [4.78, 5) is 15.4. The first-order chi connectivity index (χ1) is 9.39. The van der Waals surface area contributed by atoms with Gasteiger partial charge in [-0.05, 0) is 12.1 Å². The van der Waals surface area contributed by atoms with Gasteiger partial charge in [-0.1, -0.05) is 6.07 Å². The molecule has 1 unspecified atom stereocenters. The molecular weight excluding hydrogens is 278 g/mol. The molecule has 1 amide bonds. The summed E-state index contributed by atoms with van der Waals surface area (Å²) in [6.07, 6.45) is 0. The predicted molar refractivity (Wildman–Crippen MR) is 77.6 cm³/mol. The van der Waals surface area contributed by atoms with E-state index in [2.05, 4.69) is 0 Å². The number of hydrogen-bond donors (Lipinski definition) is 1. The van der Waals surface area contributed by atoms with E-state index in [4.69, 9.17) is 5.73 Å². The van der Waals surface area contributed by atoms with Crippen molar-refractivity contribution >= 4 is 27.1 Å². The standard InChI is InChI=1S/C13H17N3O3S/c1-15-11-8-9(2-3-10(11)12(14)13(15)17)16-4-6-20(18,19)7-5-16/h2-3,8,12H,4-7,14H2,1H3. The lowest BCUT2D eigenvalue weighted by molar-refractivity contribution is -0.118. The van der Waals surface area contributed by atoms with E-state index in [1.165, 1.54) is 0 Å². The lowest BCUT2D eigenvalue weighted by Crippen LogP contribution is -2.40. The number of hydrogen-bond acceptors (Lipinski definition) is 5. The first-order valence-corrected chi connectivity index (χ1v) is 8.34. The minimum Gasteiger partial charge on any atom is -0.369 e. The molecule has 1 atom stereocenters. The second-order valence-corrected chi connectivity index (χ2v) is 7.56. The van der Waals surface area contributed by atoms with Gasteiger partial charge in [-0.2, -0.15) is 0 Å². The molecule has 108 valence electrons. The molecule has 7 heteroatoms. The largest absolute Gasteiger partial charge is 0.369 e. The van der Waals surface area contributed by atoms with Gasteiger partial charge in [0.1, 0.15) is 6.04 Å². The molecule has 0 aliphatic carbocycles. The van der Waals surface area contributed by atoms with Crippen molar-refractivity contribution < 1.29 is 13.2 Å². The lowest BCUT2D eigenvalue weighted by Gasteiger charge is -2.29. The van der Waals surface area contributed by atoms with Gasteiger partial charge in [0.25, 0.3) is 0 Å².